The molecule has 18 heavy (non-hydrogen) atoms. The van der Waals surface area contributed by atoms with Crippen LogP contribution in [-0.4, -0.2) is 23.0 Å². The highest BCUT2D eigenvalue weighted by molar-refractivity contribution is 5.99. The summed E-state index contributed by atoms with van der Waals surface area (Å²) in [7, 11) is 0. The Bertz CT molecular complexity index is 511. The standard InChI is InChI=1S/C13H16N2O3/c1-7-6-11(16)8(2)5-10(7)15-13(18)9-3-4-12(17)14-9/h5-6,9,16H,3-4H2,1-2H3,(H,14,17)(H,15,18). The molecule has 0 spiro atoms. The molecule has 5 heteroatoms. The second-order valence-electron chi connectivity index (χ2n) is 4.60. The molecule has 1 aromatic rings. The number of phenolic OH excluding ortho intramolecular Hbond substituents is 1. The largest absolute Gasteiger partial charge is 0.508 e. The lowest BCUT2D eigenvalue weighted by molar-refractivity contribution is -0.122. The molecule has 1 fully saturated rings. The summed E-state index contributed by atoms with van der Waals surface area (Å²) in [5.41, 5.74) is 2.15. The van der Waals surface area contributed by atoms with Crippen molar-refractivity contribution in [2.24, 2.45) is 0 Å². The van der Waals surface area contributed by atoms with E-state index >= 15 is 0 Å². The lowest BCUT2D eigenvalue weighted by Crippen LogP contribution is -2.37. The zero-order valence-corrected chi connectivity index (χ0v) is 10.4. The predicted molar refractivity (Wildman–Crippen MR) is 67.4 cm³/mol. The number of carbonyl (C=O) groups is 2. The third kappa shape index (κ3) is 2.45. The normalized spacial score (nSPS) is 18.6. The van der Waals surface area contributed by atoms with Crippen molar-refractivity contribution in [3.63, 3.8) is 0 Å². The van der Waals surface area contributed by atoms with Gasteiger partial charge in [-0.05, 0) is 43.5 Å². The fourth-order valence-electron chi connectivity index (χ4n) is 1.97. The van der Waals surface area contributed by atoms with Crippen molar-refractivity contribution in [2.75, 3.05) is 5.32 Å². The highest BCUT2D eigenvalue weighted by Crippen LogP contribution is 2.25. The van der Waals surface area contributed by atoms with Crippen molar-refractivity contribution in [2.45, 2.75) is 32.7 Å². The van der Waals surface area contributed by atoms with E-state index in [0.717, 1.165) is 5.56 Å². The summed E-state index contributed by atoms with van der Waals surface area (Å²) in [6.45, 7) is 3.57. The van der Waals surface area contributed by atoms with Crippen molar-refractivity contribution >= 4 is 17.5 Å². The quantitative estimate of drug-likeness (QED) is 0.689. The Kier molecular flexibility index (Phi) is 3.23. The topological polar surface area (TPSA) is 78.4 Å². The molecular weight excluding hydrogens is 232 g/mol. The zero-order valence-electron chi connectivity index (χ0n) is 10.4. The number of rotatable bonds is 2. The molecule has 1 aromatic carbocycles. The molecule has 5 nitrogen and oxygen atoms in total. The van der Waals surface area contributed by atoms with Crippen LogP contribution < -0.4 is 10.6 Å². The van der Waals surface area contributed by atoms with Gasteiger partial charge in [0.25, 0.3) is 0 Å². The van der Waals surface area contributed by atoms with Crippen LogP contribution in [-0.2, 0) is 9.59 Å². The second kappa shape index (κ2) is 4.68. The Morgan fingerprint density at radius 2 is 2.11 bits per heavy atom. The molecule has 1 aliphatic heterocycles. The van der Waals surface area contributed by atoms with Gasteiger partial charge in [-0.15, -0.1) is 0 Å². The Balaban J connectivity index is 2.12. The maximum atomic E-state index is 11.9. The molecule has 0 radical (unpaired) electrons. The van der Waals surface area contributed by atoms with Crippen molar-refractivity contribution in [3.05, 3.63) is 23.3 Å². The van der Waals surface area contributed by atoms with E-state index in [-0.39, 0.29) is 17.6 Å². The lowest BCUT2D eigenvalue weighted by atomic mass is 10.1. The number of phenols is 1. The van der Waals surface area contributed by atoms with Gasteiger partial charge in [-0.2, -0.15) is 0 Å². The van der Waals surface area contributed by atoms with Crippen molar-refractivity contribution < 1.29 is 14.7 Å². The molecule has 2 rings (SSSR count). The number of nitrogens with one attached hydrogen (secondary N) is 2. The highest BCUT2D eigenvalue weighted by atomic mass is 16.3. The highest BCUT2D eigenvalue weighted by Gasteiger charge is 2.27. The van der Waals surface area contributed by atoms with Gasteiger partial charge in [0.15, 0.2) is 0 Å². The van der Waals surface area contributed by atoms with Gasteiger partial charge in [0, 0.05) is 12.1 Å². The minimum absolute atomic E-state index is 0.0891. The number of aromatic hydroxyl groups is 1. The molecule has 2 amide bonds. The third-order valence-corrected chi connectivity index (χ3v) is 3.11. The van der Waals surface area contributed by atoms with Gasteiger partial charge >= 0.3 is 0 Å². The molecule has 1 saturated heterocycles. The van der Waals surface area contributed by atoms with E-state index < -0.39 is 6.04 Å². The van der Waals surface area contributed by atoms with E-state index in [1.165, 1.54) is 0 Å². The van der Waals surface area contributed by atoms with Crippen LogP contribution in [0.5, 0.6) is 5.75 Å². The molecule has 1 heterocycles. The monoisotopic (exact) mass is 248 g/mol. The molecule has 0 saturated carbocycles. The summed E-state index contributed by atoms with van der Waals surface area (Å²) in [6, 6.07) is 2.88. The summed E-state index contributed by atoms with van der Waals surface area (Å²) >= 11 is 0. The van der Waals surface area contributed by atoms with Gasteiger partial charge < -0.3 is 15.7 Å². The van der Waals surface area contributed by atoms with Crippen LogP contribution in [0.4, 0.5) is 5.69 Å². The number of carbonyl (C=O) groups excluding carboxylic acids is 2. The van der Waals surface area contributed by atoms with E-state index in [4.69, 9.17) is 0 Å². The average Bonchev–Trinajstić information content (AvgIpc) is 2.73. The van der Waals surface area contributed by atoms with Crippen LogP contribution >= 0.6 is 0 Å². The summed E-state index contributed by atoms with van der Waals surface area (Å²) in [5, 5.41) is 14.9. The van der Waals surface area contributed by atoms with Gasteiger partial charge in [0.2, 0.25) is 11.8 Å². The first-order valence-corrected chi connectivity index (χ1v) is 5.88. The molecule has 1 aliphatic rings. The first kappa shape index (κ1) is 12.4. The average molecular weight is 248 g/mol. The fourth-order valence-corrected chi connectivity index (χ4v) is 1.97. The molecule has 3 N–H and O–H groups in total. The summed E-state index contributed by atoms with van der Waals surface area (Å²) < 4.78 is 0. The van der Waals surface area contributed by atoms with Crippen LogP contribution in [0, 0.1) is 13.8 Å². The molecular formula is C13H16N2O3. The van der Waals surface area contributed by atoms with Crippen molar-refractivity contribution in [1.29, 1.82) is 0 Å². The van der Waals surface area contributed by atoms with E-state index in [0.29, 0.717) is 24.1 Å². The number of aryl methyl sites for hydroxylation is 2. The smallest absolute Gasteiger partial charge is 0.246 e. The molecule has 0 aromatic heterocycles. The van der Waals surface area contributed by atoms with E-state index in [9.17, 15) is 14.7 Å². The Morgan fingerprint density at radius 1 is 1.39 bits per heavy atom. The van der Waals surface area contributed by atoms with Gasteiger partial charge in [0.05, 0.1) is 0 Å². The van der Waals surface area contributed by atoms with Crippen LogP contribution in [0.2, 0.25) is 0 Å². The van der Waals surface area contributed by atoms with Gasteiger partial charge in [0.1, 0.15) is 11.8 Å². The molecule has 1 atom stereocenters. The van der Waals surface area contributed by atoms with Crippen LogP contribution in [0.25, 0.3) is 0 Å². The van der Waals surface area contributed by atoms with Crippen LogP contribution in [0.15, 0.2) is 12.1 Å². The number of amides is 2. The molecule has 96 valence electrons. The predicted octanol–water partition coefficient (Wildman–Crippen LogP) is 1.23. The van der Waals surface area contributed by atoms with Gasteiger partial charge in [-0.1, -0.05) is 0 Å². The van der Waals surface area contributed by atoms with Gasteiger partial charge in [-0.3, -0.25) is 9.59 Å². The first-order valence-electron chi connectivity index (χ1n) is 5.88. The number of benzene rings is 1. The summed E-state index contributed by atoms with van der Waals surface area (Å²) in [4.78, 5) is 23.0. The van der Waals surface area contributed by atoms with Gasteiger partial charge in [-0.25, -0.2) is 0 Å². The molecule has 0 bridgehead atoms. The SMILES string of the molecule is Cc1cc(NC(=O)C2CCC(=O)N2)c(C)cc1O. The van der Waals surface area contributed by atoms with Crippen LogP contribution in [0.1, 0.15) is 24.0 Å². The number of anilines is 1. The lowest BCUT2D eigenvalue weighted by Gasteiger charge is -2.14. The first-order chi connectivity index (χ1) is 8.47. The Hall–Kier alpha value is -2.04. The van der Waals surface area contributed by atoms with Crippen molar-refractivity contribution in [1.82, 2.24) is 5.32 Å². The Labute approximate surface area is 105 Å². The van der Waals surface area contributed by atoms with Crippen molar-refractivity contribution in [3.8, 4) is 5.75 Å². The van der Waals surface area contributed by atoms with E-state index in [1.807, 2.05) is 6.92 Å². The van der Waals surface area contributed by atoms with E-state index in [2.05, 4.69) is 10.6 Å². The summed E-state index contributed by atoms with van der Waals surface area (Å²) in [6.07, 6.45) is 0.923. The molecule has 0 aliphatic carbocycles. The third-order valence-electron chi connectivity index (χ3n) is 3.11. The number of hydrogen-bond acceptors (Lipinski definition) is 3. The minimum Gasteiger partial charge on any atom is -0.508 e. The van der Waals surface area contributed by atoms with Crippen LogP contribution in [0.3, 0.4) is 0 Å². The molecule has 1 unspecified atom stereocenters. The van der Waals surface area contributed by atoms with E-state index in [1.54, 1.807) is 19.1 Å². The maximum absolute atomic E-state index is 11.9. The minimum atomic E-state index is -0.453. The maximum Gasteiger partial charge on any atom is 0.246 e. The second-order valence-corrected chi connectivity index (χ2v) is 4.60. The number of hydrogen-bond donors (Lipinski definition) is 3. The fraction of sp³-hybridized carbons (Fsp3) is 0.385. The zero-order chi connectivity index (χ0) is 13.3. The summed E-state index contributed by atoms with van der Waals surface area (Å²) in [5.74, 6) is -0.0949. The Morgan fingerprint density at radius 3 is 2.72 bits per heavy atom.